The SMILES string of the molecule is CSc1ncc(-c2ccc3nc(C)c(Cc4ccccc4OC(F)F)n3c2)cn1. The van der Waals surface area contributed by atoms with Crippen molar-refractivity contribution in [3.63, 3.8) is 0 Å². The molecule has 0 aliphatic rings. The predicted octanol–water partition coefficient (Wildman–Crippen LogP) is 5.01. The van der Waals surface area contributed by atoms with Crippen molar-refractivity contribution in [1.29, 1.82) is 0 Å². The summed E-state index contributed by atoms with van der Waals surface area (Å²) in [5.41, 5.74) is 5.05. The maximum Gasteiger partial charge on any atom is 0.387 e. The summed E-state index contributed by atoms with van der Waals surface area (Å²) in [5.74, 6) is 0.175. The molecule has 0 amide bonds. The van der Waals surface area contributed by atoms with Crippen LogP contribution in [0.2, 0.25) is 0 Å². The largest absolute Gasteiger partial charge is 0.435 e. The Morgan fingerprint density at radius 1 is 1.07 bits per heavy atom. The smallest absolute Gasteiger partial charge is 0.387 e. The summed E-state index contributed by atoms with van der Waals surface area (Å²) in [6.07, 6.45) is 7.89. The molecule has 0 radical (unpaired) electrons. The molecule has 3 aromatic heterocycles. The summed E-state index contributed by atoms with van der Waals surface area (Å²) >= 11 is 1.49. The van der Waals surface area contributed by atoms with Crippen LogP contribution in [0.15, 0.2) is 60.1 Å². The highest BCUT2D eigenvalue weighted by Crippen LogP contribution is 2.27. The van der Waals surface area contributed by atoms with Crippen molar-refractivity contribution in [2.45, 2.75) is 25.1 Å². The molecule has 5 nitrogen and oxygen atoms in total. The third kappa shape index (κ3) is 4.07. The van der Waals surface area contributed by atoms with Crippen LogP contribution in [0.5, 0.6) is 5.75 Å². The summed E-state index contributed by atoms with van der Waals surface area (Å²) in [4.78, 5) is 13.3. The Morgan fingerprint density at radius 2 is 1.83 bits per heavy atom. The number of benzene rings is 1. The molecular formula is C21H18F2N4OS. The van der Waals surface area contributed by atoms with Crippen LogP contribution >= 0.6 is 11.8 Å². The summed E-state index contributed by atoms with van der Waals surface area (Å²) in [6, 6.07) is 10.7. The first kappa shape index (κ1) is 19.3. The molecule has 0 fully saturated rings. The van der Waals surface area contributed by atoms with E-state index in [0.29, 0.717) is 17.1 Å². The number of alkyl halides is 2. The number of fused-ring (bicyclic) bond motifs is 1. The van der Waals surface area contributed by atoms with Crippen molar-refractivity contribution in [2.24, 2.45) is 0 Å². The van der Waals surface area contributed by atoms with Crippen molar-refractivity contribution in [3.8, 4) is 16.9 Å². The number of ether oxygens (including phenoxy) is 1. The van der Waals surface area contributed by atoms with Crippen LogP contribution < -0.4 is 4.74 Å². The zero-order chi connectivity index (χ0) is 20.4. The summed E-state index contributed by atoms with van der Waals surface area (Å²) in [6.45, 7) is -0.954. The van der Waals surface area contributed by atoms with Crippen LogP contribution in [-0.4, -0.2) is 32.2 Å². The molecular weight excluding hydrogens is 394 g/mol. The van der Waals surface area contributed by atoms with Gasteiger partial charge in [-0.05, 0) is 31.4 Å². The number of nitrogens with zero attached hydrogens (tertiary/aromatic N) is 4. The Balaban J connectivity index is 1.74. The topological polar surface area (TPSA) is 52.3 Å². The second-order valence-electron chi connectivity index (χ2n) is 6.41. The molecule has 4 rings (SSSR count). The molecule has 8 heteroatoms. The number of halogens is 2. The van der Waals surface area contributed by atoms with E-state index in [1.54, 1.807) is 30.6 Å². The van der Waals surface area contributed by atoms with Crippen LogP contribution in [0.4, 0.5) is 8.78 Å². The average molecular weight is 412 g/mol. The van der Waals surface area contributed by atoms with Gasteiger partial charge in [0.05, 0.1) is 5.69 Å². The molecule has 0 N–H and O–H groups in total. The van der Waals surface area contributed by atoms with Crippen LogP contribution in [0, 0.1) is 6.92 Å². The molecule has 1 aromatic carbocycles. The van der Waals surface area contributed by atoms with Crippen LogP contribution in [0.25, 0.3) is 16.8 Å². The van der Waals surface area contributed by atoms with Gasteiger partial charge in [-0.2, -0.15) is 8.78 Å². The van der Waals surface area contributed by atoms with E-state index in [2.05, 4.69) is 19.7 Å². The third-order valence-electron chi connectivity index (χ3n) is 4.61. The lowest BCUT2D eigenvalue weighted by atomic mass is 10.1. The zero-order valence-corrected chi connectivity index (χ0v) is 16.7. The molecule has 0 bridgehead atoms. The van der Waals surface area contributed by atoms with Crippen LogP contribution in [-0.2, 0) is 6.42 Å². The number of aromatic nitrogens is 4. The van der Waals surface area contributed by atoms with Crippen molar-refractivity contribution in [2.75, 3.05) is 6.26 Å². The number of hydrogen-bond donors (Lipinski definition) is 0. The zero-order valence-electron chi connectivity index (χ0n) is 15.8. The lowest BCUT2D eigenvalue weighted by Crippen LogP contribution is -2.05. The van der Waals surface area contributed by atoms with E-state index >= 15 is 0 Å². The van der Waals surface area contributed by atoms with E-state index in [-0.39, 0.29) is 5.75 Å². The van der Waals surface area contributed by atoms with E-state index in [0.717, 1.165) is 28.2 Å². The van der Waals surface area contributed by atoms with Crippen molar-refractivity contribution in [1.82, 2.24) is 19.4 Å². The number of rotatable bonds is 6. The minimum absolute atomic E-state index is 0.175. The van der Waals surface area contributed by atoms with Crippen LogP contribution in [0.1, 0.15) is 17.0 Å². The highest BCUT2D eigenvalue weighted by atomic mass is 32.2. The standard InChI is InChI=1S/C21H18F2N4OS/c1-13-17(9-14-5-3-4-6-18(14)28-20(22)23)27-12-15(7-8-19(27)26-13)16-10-24-21(29-2)25-11-16/h3-8,10-12,20H,9H2,1-2H3. The first-order valence-corrected chi connectivity index (χ1v) is 10.1. The van der Waals surface area contributed by atoms with E-state index < -0.39 is 6.61 Å². The van der Waals surface area contributed by atoms with Crippen molar-refractivity contribution < 1.29 is 13.5 Å². The highest BCUT2D eigenvalue weighted by Gasteiger charge is 2.15. The maximum atomic E-state index is 12.8. The van der Waals surface area contributed by atoms with Crippen molar-refractivity contribution >= 4 is 17.4 Å². The Kier molecular flexibility index (Phi) is 5.44. The first-order chi connectivity index (χ1) is 14.0. The number of hydrogen-bond acceptors (Lipinski definition) is 5. The van der Waals surface area contributed by atoms with Gasteiger partial charge in [-0.3, -0.25) is 0 Å². The van der Waals surface area contributed by atoms with Gasteiger partial charge in [0.2, 0.25) is 0 Å². The van der Waals surface area contributed by atoms with Gasteiger partial charge in [0.15, 0.2) is 5.16 Å². The fourth-order valence-corrected chi connectivity index (χ4v) is 3.52. The highest BCUT2D eigenvalue weighted by molar-refractivity contribution is 7.98. The number of para-hydroxylation sites is 1. The minimum Gasteiger partial charge on any atom is -0.435 e. The molecule has 0 spiro atoms. The quantitative estimate of drug-likeness (QED) is 0.329. The summed E-state index contributed by atoms with van der Waals surface area (Å²) < 4.78 is 32.2. The number of thioether (sulfide) groups is 1. The molecule has 0 aliphatic heterocycles. The van der Waals surface area contributed by atoms with Gasteiger partial charge in [0.25, 0.3) is 0 Å². The summed E-state index contributed by atoms with van der Waals surface area (Å²) in [7, 11) is 0. The van der Waals surface area contributed by atoms with E-state index in [4.69, 9.17) is 0 Å². The van der Waals surface area contributed by atoms with Gasteiger partial charge in [-0.25, -0.2) is 15.0 Å². The first-order valence-electron chi connectivity index (χ1n) is 8.92. The Bertz CT molecular complexity index is 1150. The minimum atomic E-state index is -2.87. The van der Waals surface area contributed by atoms with Gasteiger partial charge >= 0.3 is 6.61 Å². The fraction of sp³-hybridized carbons (Fsp3) is 0.190. The second-order valence-corrected chi connectivity index (χ2v) is 7.18. The predicted molar refractivity (Wildman–Crippen MR) is 109 cm³/mol. The normalized spacial score (nSPS) is 11.3. The molecule has 0 aliphatic carbocycles. The van der Waals surface area contributed by atoms with Gasteiger partial charge in [0.1, 0.15) is 11.4 Å². The molecule has 3 heterocycles. The lowest BCUT2D eigenvalue weighted by molar-refractivity contribution is -0.0503. The maximum absolute atomic E-state index is 12.8. The Morgan fingerprint density at radius 3 is 2.55 bits per heavy atom. The van der Waals surface area contributed by atoms with Gasteiger partial charge < -0.3 is 9.14 Å². The molecule has 0 saturated heterocycles. The molecule has 148 valence electrons. The van der Waals surface area contributed by atoms with E-state index in [1.165, 1.54) is 11.8 Å². The Hall–Kier alpha value is -3.00. The lowest BCUT2D eigenvalue weighted by Gasteiger charge is -2.11. The fourth-order valence-electron chi connectivity index (χ4n) is 3.21. The molecule has 4 aromatic rings. The van der Waals surface area contributed by atoms with Crippen molar-refractivity contribution in [3.05, 3.63) is 71.9 Å². The number of pyridine rings is 1. The number of imidazole rings is 1. The van der Waals surface area contributed by atoms with Gasteiger partial charge in [-0.1, -0.05) is 30.0 Å². The summed E-state index contributed by atoms with van der Waals surface area (Å²) in [5, 5.41) is 0.713. The molecule has 0 atom stereocenters. The Labute approximate surface area is 170 Å². The van der Waals surface area contributed by atoms with E-state index in [1.807, 2.05) is 42.0 Å². The third-order valence-corrected chi connectivity index (χ3v) is 5.18. The monoisotopic (exact) mass is 412 g/mol. The van der Waals surface area contributed by atoms with Gasteiger partial charge in [0, 0.05) is 47.4 Å². The average Bonchev–Trinajstić information content (AvgIpc) is 3.03. The molecule has 0 saturated carbocycles. The van der Waals surface area contributed by atoms with E-state index in [9.17, 15) is 8.78 Å². The number of aryl methyl sites for hydroxylation is 1. The molecule has 29 heavy (non-hydrogen) atoms. The second kappa shape index (κ2) is 8.16. The van der Waals surface area contributed by atoms with Crippen LogP contribution in [0.3, 0.4) is 0 Å². The van der Waals surface area contributed by atoms with Gasteiger partial charge in [-0.15, -0.1) is 0 Å². The molecule has 0 unspecified atom stereocenters.